The lowest BCUT2D eigenvalue weighted by Crippen LogP contribution is -2.02. The summed E-state index contributed by atoms with van der Waals surface area (Å²) in [5.41, 5.74) is 9.91. The Balaban J connectivity index is 1.32. The van der Waals surface area contributed by atoms with Crippen molar-refractivity contribution in [1.29, 1.82) is 0 Å². The van der Waals surface area contributed by atoms with Crippen molar-refractivity contribution in [3.05, 3.63) is 146 Å². The van der Waals surface area contributed by atoms with Gasteiger partial charge in [-0.3, -0.25) is 4.57 Å². The first-order chi connectivity index (χ1) is 24.3. The van der Waals surface area contributed by atoms with Crippen LogP contribution in [0.25, 0.3) is 110 Å². The number of hydrogen-bond acceptors (Lipinski definition) is 3. The van der Waals surface area contributed by atoms with Gasteiger partial charge >= 0.3 is 0 Å². The monoisotopic (exact) mass is 624 g/mol. The number of furan rings is 1. The van der Waals surface area contributed by atoms with Gasteiger partial charge in [0.15, 0.2) is 5.58 Å². The first-order valence-corrected chi connectivity index (χ1v) is 16.6. The summed E-state index contributed by atoms with van der Waals surface area (Å²) in [7, 11) is 0. The third-order valence-corrected chi connectivity index (χ3v) is 10.4. The fourth-order valence-corrected chi connectivity index (χ4v) is 8.38. The molecule has 0 aliphatic carbocycles. The highest BCUT2D eigenvalue weighted by molar-refractivity contribution is 6.36. The Bertz CT molecular complexity index is 3330. The number of para-hydroxylation sites is 3. The van der Waals surface area contributed by atoms with Gasteiger partial charge < -0.3 is 8.82 Å². The summed E-state index contributed by atoms with van der Waals surface area (Å²) in [5.74, 6) is 0.621. The molecule has 0 saturated carbocycles. The summed E-state index contributed by atoms with van der Waals surface area (Å²) in [6, 6.07) is 51.6. The smallest absolute Gasteiger partial charge is 0.236 e. The molecule has 0 unspecified atom stereocenters. The van der Waals surface area contributed by atoms with Gasteiger partial charge in [-0.05, 0) is 53.2 Å². The van der Waals surface area contributed by atoms with E-state index in [0.29, 0.717) is 11.5 Å². The third-order valence-electron chi connectivity index (χ3n) is 10.4. The van der Waals surface area contributed by atoms with Crippen molar-refractivity contribution in [2.75, 3.05) is 0 Å². The van der Waals surface area contributed by atoms with Crippen LogP contribution < -0.4 is 0 Å². The molecule has 0 N–H and O–H groups in total. The van der Waals surface area contributed by atoms with Gasteiger partial charge in [0.25, 0.3) is 0 Å². The Morgan fingerprint density at radius 2 is 1.16 bits per heavy atom. The second-order valence-corrected chi connectivity index (χ2v) is 13.0. The van der Waals surface area contributed by atoms with Crippen LogP contribution in [0.1, 0.15) is 0 Å². The molecule has 12 aromatic rings. The molecule has 7 aromatic carbocycles. The quantitative estimate of drug-likeness (QED) is 0.192. The van der Waals surface area contributed by atoms with E-state index in [-0.39, 0.29) is 0 Å². The first kappa shape index (κ1) is 25.4. The van der Waals surface area contributed by atoms with Gasteiger partial charge in [-0.2, -0.15) is 0 Å². The summed E-state index contributed by atoms with van der Waals surface area (Å²) in [6.45, 7) is 0. The van der Waals surface area contributed by atoms with Crippen LogP contribution in [0.2, 0.25) is 0 Å². The van der Waals surface area contributed by atoms with Crippen LogP contribution in [-0.4, -0.2) is 18.9 Å². The number of rotatable bonds is 2. The molecule has 0 amide bonds. The number of hydrogen-bond donors (Lipinski definition) is 0. The van der Waals surface area contributed by atoms with E-state index in [1.54, 1.807) is 0 Å². The summed E-state index contributed by atoms with van der Waals surface area (Å²) < 4.78 is 11.2. The molecule has 5 aromatic heterocycles. The predicted molar refractivity (Wildman–Crippen MR) is 201 cm³/mol. The van der Waals surface area contributed by atoms with Crippen LogP contribution in [0.5, 0.6) is 0 Å². The maximum atomic E-state index is 6.46. The van der Waals surface area contributed by atoms with Crippen molar-refractivity contribution >= 4 is 92.7 Å². The van der Waals surface area contributed by atoms with Crippen LogP contribution in [0.15, 0.2) is 150 Å². The lowest BCUT2D eigenvalue weighted by molar-refractivity contribution is 0.666. The largest absolute Gasteiger partial charge is 0.452 e. The first-order valence-electron chi connectivity index (χ1n) is 16.6. The molecular weight excluding hydrogens is 601 g/mol. The predicted octanol–water partition coefficient (Wildman–Crippen LogP) is 11.4. The lowest BCUT2D eigenvalue weighted by atomic mass is 10.0. The van der Waals surface area contributed by atoms with E-state index in [9.17, 15) is 0 Å². The molecule has 0 bridgehead atoms. The molecule has 0 saturated heterocycles. The van der Waals surface area contributed by atoms with Gasteiger partial charge in [-0.1, -0.05) is 103 Å². The Morgan fingerprint density at radius 1 is 0.469 bits per heavy atom. The van der Waals surface area contributed by atoms with E-state index >= 15 is 0 Å². The second-order valence-electron chi connectivity index (χ2n) is 13.0. The van der Waals surface area contributed by atoms with Crippen LogP contribution in [-0.2, 0) is 0 Å². The second kappa shape index (κ2) is 9.00. The average molecular weight is 625 g/mol. The van der Waals surface area contributed by atoms with E-state index in [0.717, 1.165) is 38.8 Å². The highest BCUT2D eigenvalue weighted by Gasteiger charge is 2.26. The Labute approximate surface area is 278 Å². The van der Waals surface area contributed by atoms with Crippen molar-refractivity contribution in [1.82, 2.24) is 18.9 Å². The van der Waals surface area contributed by atoms with Crippen LogP contribution in [0.4, 0.5) is 0 Å². The van der Waals surface area contributed by atoms with E-state index in [2.05, 4.69) is 118 Å². The van der Waals surface area contributed by atoms with Crippen LogP contribution in [0.3, 0.4) is 0 Å². The molecule has 0 aliphatic rings. The molecule has 0 aliphatic heterocycles. The van der Waals surface area contributed by atoms with Gasteiger partial charge in [0.1, 0.15) is 16.8 Å². The molecule has 226 valence electrons. The van der Waals surface area contributed by atoms with E-state index < -0.39 is 0 Å². The van der Waals surface area contributed by atoms with Crippen LogP contribution >= 0.6 is 0 Å². The fourth-order valence-electron chi connectivity index (χ4n) is 8.38. The highest BCUT2D eigenvalue weighted by atomic mass is 16.3. The van der Waals surface area contributed by atoms with Crippen LogP contribution in [0, 0.1) is 0 Å². The standard InChI is InChI=1S/C44H24N4O/c1-2-12-25(13-3-1)40-43-41(30-18-8-11-21-37(30)49-43)46-44(45-40)48-34-20-10-7-17-29(34)38-36(48)24-31-28-16-6-9-19-33(28)47-35-23-27-15-5-4-14-26(27)22-32(35)39(38)42(31)47/h1-24H. The van der Waals surface area contributed by atoms with Gasteiger partial charge in [0.2, 0.25) is 5.95 Å². The highest BCUT2D eigenvalue weighted by Crippen LogP contribution is 2.47. The minimum atomic E-state index is 0.621. The van der Waals surface area contributed by atoms with Crippen molar-refractivity contribution in [2.24, 2.45) is 0 Å². The van der Waals surface area contributed by atoms with Crippen molar-refractivity contribution in [3.63, 3.8) is 0 Å². The number of nitrogens with zero attached hydrogens (tertiary/aromatic N) is 4. The minimum absolute atomic E-state index is 0.621. The SMILES string of the molecule is c1ccc(-c2nc(-n3c4ccccc4c4c5c6cc7ccccc7cc6n6c7ccccc7c(cc43)c56)nc3c2oc2ccccc23)cc1. The molecule has 12 rings (SSSR count). The van der Waals surface area contributed by atoms with E-state index in [1.807, 2.05) is 36.4 Å². The topological polar surface area (TPSA) is 48.3 Å². The Kier molecular flexibility index (Phi) is 4.66. The summed E-state index contributed by atoms with van der Waals surface area (Å²) in [5, 5.41) is 10.8. The molecule has 5 heterocycles. The summed E-state index contributed by atoms with van der Waals surface area (Å²) >= 11 is 0. The maximum Gasteiger partial charge on any atom is 0.236 e. The van der Waals surface area contributed by atoms with Gasteiger partial charge in [0.05, 0.1) is 27.6 Å². The molecule has 49 heavy (non-hydrogen) atoms. The normalized spacial score (nSPS) is 12.5. The zero-order valence-electron chi connectivity index (χ0n) is 26.1. The molecular formula is C44H24N4O. The van der Waals surface area contributed by atoms with Gasteiger partial charge in [-0.25, -0.2) is 9.97 Å². The molecule has 0 radical (unpaired) electrons. The van der Waals surface area contributed by atoms with Gasteiger partial charge in [0, 0.05) is 43.3 Å². The molecule has 5 heteroatoms. The average Bonchev–Trinajstić information content (AvgIpc) is 3.89. The van der Waals surface area contributed by atoms with Crippen molar-refractivity contribution in [3.8, 4) is 17.2 Å². The summed E-state index contributed by atoms with van der Waals surface area (Å²) in [4.78, 5) is 10.7. The van der Waals surface area contributed by atoms with E-state index in [4.69, 9.17) is 14.4 Å². The van der Waals surface area contributed by atoms with Crippen molar-refractivity contribution < 1.29 is 4.42 Å². The molecule has 0 spiro atoms. The molecule has 5 nitrogen and oxygen atoms in total. The zero-order valence-corrected chi connectivity index (χ0v) is 26.1. The number of fused-ring (bicyclic) bond motifs is 14. The van der Waals surface area contributed by atoms with Crippen molar-refractivity contribution in [2.45, 2.75) is 0 Å². The Morgan fingerprint density at radius 3 is 2.02 bits per heavy atom. The third kappa shape index (κ3) is 3.19. The number of benzene rings is 7. The summed E-state index contributed by atoms with van der Waals surface area (Å²) in [6.07, 6.45) is 0. The number of aromatic nitrogens is 4. The lowest BCUT2D eigenvalue weighted by Gasteiger charge is -2.09. The molecule has 0 atom stereocenters. The maximum absolute atomic E-state index is 6.46. The fraction of sp³-hybridized carbons (Fsp3) is 0. The Hall–Kier alpha value is -6.72. The minimum Gasteiger partial charge on any atom is -0.452 e. The molecule has 0 fully saturated rings. The van der Waals surface area contributed by atoms with Gasteiger partial charge in [-0.15, -0.1) is 0 Å². The van der Waals surface area contributed by atoms with E-state index in [1.165, 1.54) is 59.6 Å². The zero-order chi connectivity index (χ0) is 31.8.